The molecule has 0 aliphatic rings. The van der Waals surface area contributed by atoms with Crippen LogP contribution in [-0.4, -0.2) is 31.0 Å². The van der Waals surface area contributed by atoms with Crippen molar-refractivity contribution in [1.82, 2.24) is 0 Å². The number of carbonyl (C=O) groups is 1. The van der Waals surface area contributed by atoms with Crippen LogP contribution >= 0.6 is 0 Å². The van der Waals surface area contributed by atoms with Crippen LogP contribution in [0.4, 0.5) is 26.3 Å². The highest BCUT2D eigenvalue weighted by molar-refractivity contribution is 5.75. The molecule has 22 heavy (non-hydrogen) atoms. The maximum absolute atomic E-state index is 12.6. The molecule has 0 bridgehead atoms. The van der Waals surface area contributed by atoms with Gasteiger partial charge in [0.15, 0.2) is 0 Å². The van der Waals surface area contributed by atoms with Crippen LogP contribution in [0.5, 0.6) is 5.75 Å². The topological polar surface area (TPSA) is 35.5 Å². The molecule has 0 radical (unpaired) electrons. The standard InChI is InChI=1S/C13H10F6O3/c1-2-8-3-5-9(6-4-8)21-7-10(12(14,15)16)22-11(20)13(17,18)19/h2-6,10H,1,7H2. The molecule has 1 atom stereocenters. The van der Waals surface area contributed by atoms with Crippen molar-refractivity contribution in [2.24, 2.45) is 0 Å². The predicted molar refractivity (Wildman–Crippen MR) is 64.0 cm³/mol. The zero-order chi connectivity index (χ0) is 17.0. The van der Waals surface area contributed by atoms with E-state index in [4.69, 9.17) is 4.74 Å². The summed E-state index contributed by atoms with van der Waals surface area (Å²) in [4.78, 5) is 10.5. The summed E-state index contributed by atoms with van der Waals surface area (Å²) < 4.78 is 81.6. The first-order valence-corrected chi connectivity index (χ1v) is 5.74. The monoisotopic (exact) mass is 328 g/mol. The van der Waals surface area contributed by atoms with Gasteiger partial charge < -0.3 is 9.47 Å². The minimum atomic E-state index is -5.52. The highest BCUT2D eigenvalue weighted by atomic mass is 19.4. The van der Waals surface area contributed by atoms with Gasteiger partial charge in [0, 0.05) is 0 Å². The average molecular weight is 328 g/mol. The van der Waals surface area contributed by atoms with Crippen LogP contribution in [-0.2, 0) is 9.53 Å². The molecule has 0 N–H and O–H groups in total. The number of hydrogen-bond acceptors (Lipinski definition) is 3. The third kappa shape index (κ3) is 5.30. The van der Waals surface area contributed by atoms with Gasteiger partial charge in [0.1, 0.15) is 12.4 Å². The first-order chi connectivity index (χ1) is 10.0. The van der Waals surface area contributed by atoms with E-state index in [1.165, 1.54) is 30.3 Å². The van der Waals surface area contributed by atoms with Crippen LogP contribution in [0.15, 0.2) is 30.8 Å². The van der Waals surface area contributed by atoms with E-state index in [0.29, 0.717) is 5.56 Å². The van der Waals surface area contributed by atoms with Crippen molar-refractivity contribution in [1.29, 1.82) is 0 Å². The molecule has 0 saturated carbocycles. The molecule has 1 unspecified atom stereocenters. The summed E-state index contributed by atoms with van der Waals surface area (Å²) >= 11 is 0. The van der Waals surface area contributed by atoms with E-state index in [1.807, 2.05) is 0 Å². The average Bonchev–Trinajstić information content (AvgIpc) is 2.41. The summed E-state index contributed by atoms with van der Waals surface area (Å²) in [7, 11) is 0. The SMILES string of the molecule is C=Cc1ccc(OCC(OC(=O)C(F)(F)F)C(F)(F)F)cc1. The lowest BCUT2D eigenvalue weighted by Gasteiger charge is -2.21. The molecule has 0 heterocycles. The lowest BCUT2D eigenvalue weighted by Crippen LogP contribution is -2.42. The van der Waals surface area contributed by atoms with Gasteiger partial charge in [-0.25, -0.2) is 4.79 Å². The Bertz CT molecular complexity index is 518. The van der Waals surface area contributed by atoms with Crippen LogP contribution < -0.4 is 4.74 Å². The fourth-order valence-corrected chi connectivity index (χ4v) is 1.26. The number of ether oxygens (including phenoxy) is 2. The van der Waals surface area contributed by atoms with Crippen molar-refractivity contribution in [3.63, 3.8) is 0 Å². The van der Waals surface area contributed by atoms with E-state index in [2.05, 4.69) is 11.3 Å². The normalized spacial score (nSPS) is 13.4. The fraction of sp³-hybridized carbons (Fsp3) is 0.308. The Morgan fingerprint density at radius 3 is 2.09 bits per heavy atom. The van der Waals surface area contributed by atoms with E-state index < -0.39 is 31.0 Å². The number of rotatable bonds is 5. The van der Waals surface area contributed by atoms with Gasteiger partial charge in [-0.15, -0.1) is 0 Å². The van der Waals surface area contributed by atoms with Gasteiger partial charge in [-0.1, -0.05) is 24.8 Å². The van der Waals surface area contributed by atoms with Crippen LogP contribution in [0, 0.1) is 0 Å². The molecule has 0 aromatic heterocycles. The first kappa shape index (κ1) is 17.9. The minimum absolute atomic E-state index is 0.0251. The first-order valence-electron chi connectivity index (χ1n) is 5.74. The number of hydrogen-bond donors (Lipinski definition) is 0. The van der Waals surface area contributed by atoms with Crippen molar-refractivity contribution < 1.29 is 40.6 Å². The third-order valence-electron chi connectivity index (χ3n) is 2.36. The number of esters is 1. The van der Waals surface area contributed by atoms with Gasteiger partial charge in [0.05, 0.1) is 0 Å². The largest absolute Gasteiger partial charge is 0.490 e. The Hall–Kier alpha value is -2.19. The number of carbonyl (C=O) groups excluding carboxylic acids is 1. The van der Waals surface area contributed by atoms with Crippen LogP contribution in [0.3, 0.4) is 0 Å². The molecular formula is C13H10F6O3. The highest BCUT2D eigenvalue weighted by Gasteiger charge is 2.49. The van der Waals surface area contributed by atoms with Gasteiger partial charge in [0.25, 0.3) is 0 Å². The zero-order valence-corrected chi connectivity index (χ0v) is 10.9. The van der Waals surface area contributed by atoms with Crippen molar-refractivity contribution in [2.75, 3.05) is 6.61 Å². The molecule has 1 rings (SSSR count). The summed E-state index contributed by atoms with van der Waals surface area (Å²) in [5.74, 6) is -2.96. The van der Waals surface area contributed by atoms with E-state index >= 15 is 0 Å². The molecule has 1 aromatic carbocycles. The summed E-state index contributed by atoms with van der Waals surface area (Å²) in [6.45, 7) is 2.18. The summed E-state index contributed by atoms with van der Waals surface area (Å²) in [6.07, 6.45) is -12.3. The maximum Gasteiger partial charge on any atom is 0.490 e. The van der Waals surface area contributed by atoms with Crippen molar-refractivity contribution in [3.05, 3.63) is 36.4 Å². The molecule has 0 aliphatic carbocycles. The van der Waals surface area contributed by atoms with Crippen LogP contribution in [0.2, 0.25) is 0 Å². The van der Waals surface area contributed by atoms with Crippen molar-refractivity contribution in [3.8, 4) is 5.75 Å². The number of benzene rings is 1. The molecule has 0 amide bonds. The molecule has 9 heteroatoms. The molecular weight excluding hydrogens is 318 g/mol. The highest BCUT2D eigenvalue weighted by Crippen LogP contribution is 2.27. The zero-order valence-electron chi connectivity index (χ0n) is 10.9. The lowest BCUT2D eigenvalue weighted by atomic mass is 10.2. The number of alkyl halides is 6. The molecule has 0 saturated heterocycles. The Morgan fingerprint density at radius 2 is 1.68 bits per heavy atom. The van der Waals surface area contributed by atoms with Gasteiger partial charge in [0.2, 0.25) is 6.10 Å². The molecule has 0 spiro atoms. The molecule has 1 aromatic rings. The second-order valence-corrected chi connectivity index (χ2v) is 4.02. The van der Waals surface area contributed by atoms with Gasteiger partial charge in [-0.2, -0.15) is 26.3 Å². The van der Waals surface area contributed by atoms with Gasteiger partial charge in [-0.05, 0) is 17.7 Å². The molecule has 0 aliphatic heterocycles. The van der Waals surface area contributed by atoms with Crippen LogP contribution in [0.25, 0.3) is 6.08 Å². The quantitative estimate of drug-likeness (QED) is 0.610. The second kappa shape index (κ2) is 6.71. The Kier molecular flexibility index (Phi) is 5.45. The van der Waals surface area contributed by atoms with E-state index in [0.717, 1.165) is 0 Å². The van der Waals surface area contributed by atoms with E-state index in [1.54, 1.807) is 0 Å². The van der Waals surface area contributed by atoms with Crippen molar-refractivity contribution >= 4 is 12.0 Å². The molecule has 0 fully saturated rings. The summed E-state index contributed by atoms with van der Waals surface area (Å²) in [5, 5.41) is 0. The second-order valence-electron chi connectivity index (χ2n) is 4.02. The van der Waals surface area contributed by atoms with Gasteiger partial charge >= 0.3 is 18.3 Å². The lowest BCUT2D eigenvalue weighted by molar-refractivity contribution is -0.249. The third-order valence-corrected chi connectivity index (χ3v) is 2.36. The number of halogens is 6. The predicted octanol–water partition coefficient (Wildman–Crippen LogP) is 3.74. The smallest absolute Gasteiger partial charge is 0.489 e. The van der Waals surface area contributed by atoms with Crippen LogP contribution in [0.1, 0.15) is 5.56 Å². The summed E-state index contributed by atoms with van der Waals surface area (Å²) in [5.41, 5.74) is 0.670. The van der Waals surface area contributed by atoms with Crippen molar-refractivity contribution in [2.45, 2.75) is 18.5 Å². The molecule has 3 nitrogen and oxygen atoms in total. The Labute approximate surface area is 121 Å². The maximum atomic E-state index is 12.6. The van der Waals surface area contributed by atoms with Gasteiger partial charge in [-0.3, -0.25) is 0 Å². The molecule has 122 valence electrons. The Balaban J connectivity index is 2.73. The van der Waals surface area contributed by atoms with E-state index in [9.17, 15) is 31.1 Å². The fourth-order valence-electron chi connectivity index (χ4n) is 1.26. The minimum Gasteiger partial charge on any atom is -0.489 e. The summed E-state index contributed by atoms with van der Waals surface area (Å²) in [6, 6.07) is 5.56. The Morgan fingerprint density at radius 1 is 1.14 bits per heavy atom. The van der Waals surface area contributed by atoms with E-state index in [-0.39, 0.29) is 5.75 Å².